The standard InChI is InChI=1S/C11H13NOS2/c1-4-12(3)9-5-8(14)11-10(13-9)7(2)6-15-11/h5-6H,4H2,1-3H3. The third-order valence-corrected chi connectivity index (χ3v) is 4.02. The number of rotatable bonds is 2. The first kappa shape index (κ1) is 10.6. The van der Waals surface area contributed by atoms with Crippen LogP contribution in [0.1, 0.15) is 12.5 Å². The summed E-state index contributed by atoms with van der Waals surface area (Å²) < 4.78 is 7.79. The molecule has 0 aliphatic heterocycles. The van der Waals surface area contributed by atoms with Crippen molar-refractivity contribution in [3.63, 3.8) is 0 Å². The zero-order valence-electron chi connectivity index (χ0n) is 9.03. The Kier molecular flexibility index (Phi) is 2.80. The lowest BCUT2D eigenvalue weighted by Gasteiger charge is -2.14. The molecule has 2 heterocycles. The van der Waals surface area contributed by atoms with Crippen LogP contribution < -0.4 is 4.90 Å². The molecule has 80 valence electrons. The Bertz CT molecular complexity index is 541. The summed E-state index contributed by atoms with van der Waals surface area (Å²) in [6.07, 6.45) is 0. The van der Waals surface area contributed by atoms with Gasteiger partial charge in [-0.25, -0.2) is 0 Å². The van der Waals surface area contributed by atoms with Crippen molar-refractivity contribution in [1.82, 2.24) is 0 Å². The van der Waals surface area contributed by atoms with Crippen LogP contribution in [0, 0.1) is 11.4 Å². The van der Waals surface area contributed by atoms with Crippen molar-refractivity contribution in [3.05, 3.63) is 21.5 Å². The highest BCUT2D eigenvalue weighted by Crippen LogP contribution is 2.30. The largest absolute Gasteiger partial charge is 0.439 e. The molecule has 0 unspecified atom stereocenters. The van der Waals surface area contributed by atoms with Gasteiger partial charge in [-0.15, -0.1) is 11.3 Å². The van der Waals surface area contributed by atoms with Crippen molar-refractivity contribution in [1.29, 1.82) is 0 Å². The normalized spacial score (nSPS) is 10.9. The zero-order valence-corrected chi connectivity index (χ0v) is 10.7. The number of fused-ring (bicyclic) bond motifs is 1. The number of hydrogen-bond donors (Lipinski definition) is 0. The van der Waals surface area contributed by atoms with E-state index in [1.54, 1.807) is 11.3 Å². The summed E-state index contributed by atoms with van der Waals surface area (Å²) in [5.41, 5.74) is 2.09. The van der Waals surface area contributed by atoms with Crippen LogP contribution in [0.3, 0.4) is 0 Å². The van der Waals surface area contributed by atoms with E-state index in [2.05, 4.69) is 12.3 Å². The fourth-order valence-corrected chi connectivity index (χ4v) is 2.61. The van der Waals surface area contributed by atoms with E-state index in [4.69, 9.17) is 16.6 Å². The third kappa shape index (κ3) is 1.79. The fourth-order valence-electron chi connectivity index (χ4n) is 1.39. The Morgan fingerprint density at radius 1 is 1.53 bits per heavy atom. The summed E-state index contributed by atoms with van der Waals surface area (Å²) >= 11 is 7.00. The lowest BCUT2D eigenvalue weighted by molar-refractivity contribution is 0.588. The summed E-state index contributed by atoms with van der Waals surface area (Å²) in [4.78, 5) is 2.05. The van der Waals surface area contributed by atoms with Crippen molar-refractivity contribution in [2.24, 2.45) is 0 Å². The number of hydrogen-bond acceptors (Lipinski definition) is 4. The molecule has 0 aliphatic carbocycles. The fraction of sp³-hybridized carbons (Fsp3) is 0.364. The minimum atomic E-state index is 0.844. The van der Waals surface area contributed by atoms with E-state index in [0.29, 0.717) is 0 Å². The van der Waals surface area contributed by atoms with Crippen LogP contribution in [0.5, 0.6) is 0 Å². The Labute approximate surface area is 98.1 Å². The average molecular weight is 239 g/mol. The predicted octanol–water partition coefficient (Wildman–Crippen LogP) is 3.99. The zero-order chi connectivity index (χ0) is 11.0. The highest BCUT2D eigenvalue weighted by Gasteiger charge is 2.08. The van der Waals surface area contributed by atoms with Gasteiger partial charge in [0.15, 0.2) is 11.5 Å². The van der Waals surface area contributed by atoms with Gasteiger partial charge in [-0.1, -0.05) is 12.2 Å². The summed E-state index contributed by atoms with van der Waals surface area (Å²) in [7, 11) is 2.00. The molecule has 0 saturated heterocycles. The first-order valence-electron chi connectivity index (χ1n) is 4.86. The molecule has 2 nitrogen and oxygen atoms in total. The van der Waals surface area contributed by atoms with Gasteiger partial charge in [0.1, 0.15) is 0 Å². The highest BCUT2D eigenvalue weighted by molar-refractivity contribution is 7.72. The summed E-state index contributed by atoms with van der Waals surface area (Å²) in [5.74, 6) is 0.844. The van der Waals surface area contributed by atoms with E-state index in [1.165, 1.54) is 0 Å². The SMILES string of the molecule is CCN(C)c1cc(=S)c2scc(C)c2o1. The first-order valence-corrected chi connectivity index (χ1v) is 6.15. The molecule has 0 spiro atoms. The maximum Gasteiger partial charge on any atom is 0.197 e. The van der Waals surface area contributed by atoms with Crippen LogP contribution in [0.4, 0.5) is 5.88 Å². The van der Waals surface area contributed by atoms with Crippen LogP contribution in [0.2, 0.25) is 0 Å². The van der Waals surface area contributed by atoms with Gasteiger partial charge in [-0.2, -0.15) is 0 Å². The van der Waals surface area contributed by atoms with Crippen LogP contribution >= 0.6 is 23.6 Å². The van der Waals surface area contributed by atoms with Crippen molar-refractivity contribution in [3.8, 4) is 0 Å². The third-order valence-electron chi connectivity index (χ3n) is 2.45. The maximum atomic E-state index is 5.84. The molecule has 0 atom stereocenters. The van der Waals surface area contributed by atoms with E-state index < -0.39 is 0 Å². The Morgan fingerprint density at radius 2 is 2.27 bits per heavy atom. The van der Waals surface area contributed by atoms with Crippen LogP contribution in [-0.4, -0.2) is 13.6 Å². The predicted molar refractivity (Wildman–Crippen MR) is 68.6 cm³/mol. The summed E-state index contributed by atoms with van der Waals surface area (Å²) in [6.45, 7) is 5.04. The Hall–Kier alpha value is -0.870. The first-order chi connectivity index (χ1) is 7.13. The number of thiophene rings is 1. The van der Waals surface area contributed by atoms with Crippen molar-refractivity contribution in [2.45, 2.75) is 13.8 Å². The molecule has 2 aromatic heterocycles. The molecular formula is C11H13NOS2. The van der Waals surface area contributed by atoms with E-state index in [-0.39, 0.29) is 0 Å². The molecule has 2 aromatic rings. The molecule has 0 aromatic carbocycles. The van der Waals surface area contributed by atoms with Gasteiger partial charge in [0, 0.05) is 25.2 Å². The molecule has 0 N–H and O–H groups in total. The second-order valence-corrected chi connectivity index (χ2v) is 4.86. The molecule has 4 heteroatoms. The lowest BCUT2D eigenvalue weighted by atomic mass is 10.3. The van der Waals surface area contributed by atoms with Gasteiger partial charge >= 0.3 is 0 Å². The molecule has 15 heavy (non-hydrogen) atoms. The van der Waals surface area contributed by atoms with Gasteiger partial charge < -0.3 is 9.32 Å². The lowest BCUT2D eigenvalue weighted by Crippen LogP contribution is -2.15. The van der Waals surface area contributed by atoms with Gasteiger partial charge in [-0.05, 0) is 19.2 Å². The number of aryl methyl sites for hydroxylation is 1. The minimum absolute atomic E-state index is 0.844. The van der Waals surface area contributed by atoms with E-state index in [9.17, 15) is 0 Å². The molecular weight excluding hydrogens is 226 g/mol. The number of nitrogens with zero attached hydrogens (tertiary/aromatic N) is 1. The molecule has 2 rings (SSSR count). The number of anilines is 1. The average Bonchev–Trinajstić information content (AvgIpc) is 2.60. The smallest absolute Gasteiger partial charge is 0.197 e. The Balaban J connectivity index is 2.70. The van der Waals surface area contributed by atoms with E-state index >= 15 is 0 Å². The van der Waals surface area contributed by atoms with Crippen molar-refractivity contribution < 1.29 is 4.42 Å². The molecule has 0 aliphatic rings. The minimum Gasteiger partial charge on any atom is -0.439 e. The summed E-state index contributed by atoms with van der Waals surface area (Å²) in [5, 5.41) is 2.08. The molecule has 0 radical (unpaired) electrons. The molecule has 0 bridgehead atoms. The molecule has 0 amide bonds. The second-order valence-electron chi connectivity index (χ2n) is 3.54. The molecule has 0 saturated carbocycles. The Morgan fingerprint density at radius 3 is 2.93 bits per heavy atom. The monoisotopic (exact) mass is 239 g/mol. The summed E-state index contributed by atoms with van der Waals surface area (Å²) in [6, 6.07) is 1.93. The van der Waals surface area contributed by atoms with Crippen LogP contribution in [0.25, 0.3) is 10.3 Å². The van der Waals surface area contributed by atoms with Crippen molar-refractivity contribution in [2.75, 3.05) is 18.5 Å². The van der Waals surface area contributed by atoms with E-state index in [1.807, 2.05) is 24.9 Å². The quantitative estimate of drug-likeness (QED) is 0.737. The highest BCUT2D eigenvalue weighted by atomic mass is 32.1. The second kappa shape index (κ2) is 3.94. The van der Waals surface area contributed by atoms with E-state index in [0.717, 1.165) is 32.8 Å². The topological polar surface area (TPSA) is 16.4 Å². The van der Waals surface area contributed by atoms with Crippen molar-refractivity contribution >= 4 is 39.7 Å². The van der Waals surface area contributed by atoms with Crippen LogP contribution in [0.15, 0.2) is 15.9 Å². The van der Waals surface area contributed by atoms with Gasteiger partial charge in [0.2, 0.25) is 0 Å². The van der Waals surface area contributed by atoms with Crippen LogP contribution in [-0.2, 0) is 0 Å². The van der Waals surface area contributed by atoms with Gasteiger partial charge in [-0.3, -0.25) is 0 Å². The maximum absolute atomic E-state index is 5.84. The molecule has 0 fully saturated rings. The van der Waals surface area contributed by atoms with Gasteiger partial charge in [0.25, 0.3) is 0 Å². The van der Waals surface area contributed by atoms with Gasteiger partial charge in [0.05, 0.1) is 9.21 Å².